The van der Waals surface area contributed by atoms with Crippen LogP contribution in [0.2, 0.25) is 0 Å². The van der Waals surface area contributed by atoms with Crippen molar-refractivity contribution >= 4 is 0 Å². The van der Waals surface area contributed by atoms with Gasteiger partial charge in [0, 0.05) is 14.0 Å². The summed E-state index contributed by atoms with van der Waals surface area (Å²) in [6, 6.07) is 0. The van der Waals surface area contributed by atoms with E-state index in [1.54, 1.807) is 6.92 Å². The Balaban J connectivity index is 3.56. The minimum atomic E-state index is -0.753. The van der Waals surface area contributed by atoms with Gasteiger partial charge in [0.2, 0.25) is 0 Å². The molecule has 0 bridgehead atoms. The molecule has 2 atom stereocenters. The molecule has 0 aromatic rings. The molecule has 0 rings (SSSR count). The van der Waals surface area contributed by atoms with E-state index in [4.69, 9.17) is 19.3 Å². The fraction of sp³-hybridized carbons (Fsp3) is 0.800. The summed E-state index contributed by atoms with van der Waals surface area (Å²) < 4.78 is 14.8. The van der Waals surface area contributed by atoms with Crippen molar-refractivity contribution in [2.45, 2.75) is 19.1 Å². The van der Waals surface area contributed by atoms with Crippen molar-refractivity contribution in [3.63, 3.8) is 0 Å². The van der Waals surface area contributed by atoms with Gasteiger partial charge in [-0.25, -0.2) is 0 Å². The van der Waals surface area contributed by atoms with Crippen molar-refractivity contribution in [2.75, 3.05) is 33.5 Å². The van der Waals surface area contributed by atoms with Gasteiger partial charge in [0.25, 0.3) is 0 Å². The Bertz CT molecular complexity index is 196. The van der Waals surface area contributed by atoms with E-state index in [0.717, 1.165) is 0 Å². The molecular formula is C10H18O5. The van der Waals surface area contributed by atoms with E-state index in [9.17, 15) is 5.11 Å². The highest BCUT2D eigenvalue weighted by atomic mass is 16.5. The van der Waals surface area contributed by atoms with E-state index >= 15 is 0 Å². The molecule has 0 aliphatic heterocycles. The normalized spacial score (nSPS) is 13.9. The predicted octanol–water partition coefficient (Wildman–Crippen LogP) is -0.631. The Kier molecular flexibility index (Phi) is 9.22. The Hall–Kier alpha value is -0.800. The first-order chi connectivity index (χ1) is 7.24. The number of hydrogen-bond donors (Lipinski definition) is 2. The zero-order valence-corrected chi connectivity index (χ0v) is 9.10. The van der Waals surface area contributed by atoms with Gasteiger partial charge in [0.15, 0.2) is 0 Å². The quantitative estimate of drug-likeness (QED) is 0.531. The number of aliphatic hydroxyl groups excluding tert-OH is 2. The van der Waals surface area contributed by atoms with Gasteiger partial charge in [0.1, 0.15) is 24.9 Å². The molecule has 0 saturated heterocycles. The monoisotopic (exact) mass is 218 g/mol. The SMILES string of the molecule is CC#COCC(O)COC(CO)COC. The number of rotatable bonds is 8. The Morgan fingerprint density at radius 1 is 1.27 bits per heavy atom. The molecule has 0 spiro atoms. The van der Waals surface area contributed by atoms with E-state index in [1.165, 1.54) is 7.11 Å². The van der Waals surface area contributed by atoms with E-state index in [0.29, 0.717) is 6.61 Å². The highest BCUT2D eigenvalue weighted by molar-refractivity contribution is 4.85. The molecular weight excluding hydrogens is 200 g/mol. The number of ether oxygens (including phenoxy) is 3. The highest BCUT2D eigenvalue weighted by Gasteiger charge is 2.11. The Morgan fingerprint density at radius 2 is 2.00 bits per heavy atom. The average molecular weight is 218 g/mol. The molecule has 0 aliphatic carbocycles. The molecule has 88 valence electrons. The molecule has 0 aromatic carbocycles. The second-order valence-electron chi connectivity index (χ2n) is 2.91. The summed E-state index contributed by atoms with van der Waals surface area (Å²) in [4.78, 5) is 0. The minimum absolute atomic E-state index is 0.0833. The molecule has 0 amide bonds. The summed E-state index contributed by atoms with van der Waals surface area (Å²) in [5.74, 6) is 2.54. The van der Waals surface area contributed by atoms with Gasteiger partial charge < -0.3 is 24.4 Å². The topological polar surface area (TPSA) is 68.2 Å². The first kappa shape index (κ1) is 14.2. The third-order valence-electron chi connectivity index (χ3n) is 1.53. The van der Waals surface area contributed by atoms with Crippen LogP contribution in [0.5, 0.6) is 0 Å². The molecule has 0 saturated carbocycles. The molecule has 2 N–H and O–H groups in total. The zero-order chi connectivity index (χ0) is 11.5. The fourth-order valence-corrected chi connectivity index (χ4v) is 0.845. The van der Waals surface area contributed by atoms with Crippen LogP contribution in [0.1, 0.15) is 6.92 Å². The molecule has 0 fully saturated rings. The van der Waals surface area contributed by atoms with Gasteiger partial charge >= 0.3 is 0 Å². The fourth-order valence-electron chi connectivity index (χ4n) is 0.845. The number of aliphatic hydroxyl groups is 2. The lowest BCUT2D eigenvalue weighted by Gasteiger charge is -2.16. The second-order valence-corrected chi connectivity index (χ2v) is 2.91. The lowest BCUT2D eigenvalue weighted by molar-refractivity contribution is -0.0697. The summed E-state index contributed by atoms with van der Waals surface area (Å²) in [7, 11) is 1.52. The summed E-state index contributed by atoms with van der Waals surface area (Å²) >= 11 is 0. The van der Waals surface area contributed by atoms with Crippen LogP contribution in [0.4, 0.5) is 0 Å². The van der Waals surface area contributed by atoms with Crippen LogP contribution in [-0.4, -0.2) is 56.0 Å². The Labute approximate surface area is 90.0 Å². The van der Waals surface area contributed by atoms with Crippen molar-refractivity contribution < 1.29 is 24.4 Å². The van der Waals surface area contributed by atoms with Crippen LogP contribution in [0, 0.1) is 12.0 Å². The zero-order valence-electron chi connectivity index (χ0n) is 9.10. The van der Waals surface area contributed by atoms with Crippen molar-refractivity contribution in [1.82, 2.24) is 0 Å². The molecule has 0 heterocycles. The number of methoxy groups -OCH3 is 1. The van der Waals surface area contributed by atoms with Gasteiger partial charge in [-0.2, -0.15) is 0 Å². The molecule has 0 radical (unpaired) electrons. The standard InChI is InChI=1S/C10H18O5/c1-3-4-14-6-9(12)7-15-10(5-11)8-13-2/h9-12H,5-8H2,1-2H3. The maximum atomic E-state index is 9.35. The van der Waals surface area contributed by atoms with Crippen molar-refractivity contribution in [3.05, 3.63) is 0 Å². The largest absolute Gasteiger partial charge is 0.444 e. The highest BCUT2D eigenvalue weighted by Crippen LogP contribution is 1.95. The van der Waals surface area contributed by atoms with E-state index in [2.05, 4.69) is 12.0 Å². The van der Waals surface area contributed by atoms with Crippen LogP contribution >= 0.6 is 0 Å². The number of hydrogen-bond acceptors (Lipinski definition) is 5. The third kappa shape index (κ3) is 8.21. The lowest BCUT2D eigenvalue weighted by Crippen LogP contribution is -2.29. The molecule has 15 heavy (non-hydrogen) atoms. The van der Waals surface area contributed by atoms with Crippen LogP contribution in [0.3, 0.4) is 0 Å². The van der Waals surface area contributed by atoms with Crippen molar-refractivity contribution in [3.8, 4) is 12.0 Å². The summed E-state index contributed by atoms with van der Waals surface area (Å²) in [6.45, 7) is 1.96. The summed E-state index contributed by atoms with van der Waals surface area (Å²) in [5, 5.41) is 18.2. The predicted molar refractivity (Wildman–Crippen MR) is 54.1 cm³/mol. The smallest absolute Gasteiger partial charge is 0.128 e. The van der Waals surface area contributed by atoms with Gasteiger partial charge in [0.05, 0.1) is 19.8 Å². The first-order valence-corrected chi connectivity index (χ1v) is 4.67. The van der Waals surface area contributed by atoms with Crippen LogP contribution in [0.25, 0.3) is 0 Å². The second kappa shape index (κ2) is 9.74. The molecule has 0 aromatic heterocycles. The van der Waals surface area contributed by atoms with Crippen molar-refractivity contribution in [2.24, 2.45) is 0 Å². The maximum absolute atomic E-state index is 9.35. The van der Waals surface area contributed by atoms with E-state index in [-0.39, 0.29) is 19.8 Å². The summed E-state index contributed by atoms with van der Waals surface area (Å²) in [5.41, 5.74) is 0. The maximum Gasteiger partial charge on any atom is 0.128 e. The van der Waals surface area contributed by atoms with E-state index < -0.39 is 12.2 Å². The average Bonchev–Trinajstić information content (AvgIpc) is 2.24. The minimum Gasteiger partial charge on any atom is -0.444 e. The first-order valence-electron chi connectivity index (χ1n) is 4.67. The molecule has 5 heteroatoms. The van der Waals surface area contributed by atoms with Gasteiger partial charge in [-0.1, -0.05) is 5.92 Å². The van der Waals surface area contributed by atoms with E-state index in [1.807, 2.05) is 0 Å². The van der Waals surface area contributed by atoms with Crippen LogP contribution < -0.4 is 0 Å². The Morgan fingerprint density at radius 3 is 2.53 bits per heavy atom. The van der Waals surface area contributed by atoms with Gasteiger partial charge in [-0.3, -0.25) is 0 Å². The summed E-state index contributed by atoms with van der Waals surface area (Å²) in [6.07, 6.45) is 1.20. The third-order valence-corrected chi connectivity index (χ3v) is 1.53. The van der Waals surface area contributed by atoms with Gasteiger partial charge in [-0.15, -0.1) is 0 Å². The van der Waals surface area contributed by atoms with Crippen LogP contribution in [-0.2, 0) is 14.2 Å². The molecule has 2 unspecified atom stereocenters. The van der Waals surface area contributed by atoms with Crippen LogP contribution in [0.15, 0.2) is 0 Å². The lowest BCUT2D eigenvalue weighted by atomic mass is 10.3. The molecule has 0 aliphatic rings. The van der Waals surface area contributed by atoms with Gasteiger partial charge in [-0.05, 0) is 0 Å². The van der Waals surface area contributed by atoms with Crippen molar-refractivity contribution in [1.29, 1.82) is 0 Å². The molecule has 5 nitrogen and oxygen atoms in total.